The monoisotopic (exact) mass is 247 g/mol. The minimum atomic E-state index is -0.527. The Morgan fingerprint density at radius 2 is 2.17 bits per heavy atom. The van der Waals surface area contributed by atoms with E-state index in [0.29, 0.717) is 29.7 Å². The molecule has 0 N–H and O–H groups in total. The molecule has 1 heterocycles. The summed E-state index contributed by atoms with van der Waals surface area (Å²) in [5, 5.41) is 20.2. The zero-order valence-corrected chi connectivity index (χ0v) is 11.1. The first-order valence-electron chi connectivity index (χ1n) is 5.85. The summed E-state index contributed by atoms with van der Waals surface area (Å²) in [5.74, 6) is 0. The van der Waals surface area contributed by atoms with Crippen LogP contribution in [0.4, 0.5) is 5.69 Å². The largest absolute Gasteiger partial charge is 0.278 e. The molecule has 0 aliphatic carbocycles. The maximum Gasteiger partial charge on any atom is 0.278 e. The molecule has 5 nitrogen and oxygen atoms in total. The number of aromatic nitrogens is 1. The summed E-state index contributed by atoms with van der Waals surface area (Å²) in [6, 6.07) is 2.26. The highest BCUT2D eigenvalue weighted by Crippen LogP contribution is 2.30. The first kappa shape index (κ1) is 14.1. The summed E-state index contributed by atoms with van der Waals surface area (Å²) in [6.07, 6.45) is 2.63. The Hall–Kier alpha value is -1.96. The van der Waals surface area contributed by atoms with Gasteiger partial charge in [0.05, 0.1) is 22.1 Å². The van der Waals surface area contributed by atoms with Crippen LogP contribution >= 0.6 is 0 Å². The first-order valence-corrected chi connectivity index (χ1v) is 5.85. The highest BCUT2D eigenvalue weighted by atomic mass is 16.6. The Morgan fingerprint density at radius 1 is 1.56 bits per heavy atom. The van der Waals surface area contributed by atoms with Crippen molar-refractivity contribution in [1.29, 1.82) is 5.26 Å². The van der Waals surface area contributed by atoms with Gasteiger partial charge in [0, 0.05) is 23.7 Å². The molecule has 0 spiro atoms. The zero-order valence-electron chi connectivity index (χ0n) is 11.1. The standard InChI is InChI=1S/C13H17N3O2/c1-5-13(4,8-14)6-11-10(3)12(16(17)18)9(2)7-15-11/h7H,5-6H2,1-4H3. The molecule has 0 radical (unpaired) electrons. The number of hydrogen-bond donors (Lipinski definition) is 0. The predicted molar refractivity (Wildman–Crippen MR) is 68.1 cm³/mol. The molecule has 1 atom stereocenters. The van der Waals surface area contributed by atoms with Gasteiger partial charge in [-0.05, 0) is 27.2 Å². The molecule has 1 rings (SSSR count). The van der Waals surface area contributed by atoms with Gasteiger partial charge < -0.3 is 0 Å². The lowest BCUT2D eigenvalue weighted by molar-refractivity contribution is -0.386. The summed E-state index contributed by atoms with van der Waals surface area (Å²) in [5.41, 5.74) is 1.34. The number of aryl methyl sites for hydroxylation is 1. The van der Waals surface area contributed by atoms with E-state index in [1.807, 2.05) is 13.8 Å². The minimum Gasteiger partial charge on any atom is -0.260 e. The number of hydrogen-bond acceptors (Lipinski definition) is 4. The van der Waals surface area contributed by atoms with Gasteiger partial charge in [-0.3, -0.25) is 15.1 Å². The summed E-state index contributed by atoms with van der Waals surface area (Å²) >= 11 is 0. The third-order valence-electron chi connectivity index (χ3n) is 3.37. The van der Waals surface area contributed by atoms with Crippen molar-refractivity contribution in [3.05, 3.63) is 33.1 Å². The highest BCUT2D eigenvalue weighted by Gasteiger charge is 2.26. The third kappa shape index (κ3) is 2.65. The van der Waals surface area contributed by atoms with Crippen LogP contribution in [-0.2, 0) is 6.42 Å². The molecule has 0 aliphatic rings. The van der Waals surface area contributed by atoms with Crippen LogP contribution in [0, 0.1) is 40.7 Å². The van der Waals surface area contributed by atoms with E-state index in [0.717, 1.165) is 0 Å². The van der Waals surface area contributed by atoms with Crippen LogP contribution in [0.1, 0.15) is 37.1 Å². The molecular weight excluding hydrogens is 230 g/mol. The zero-order chi connectivity index (χ0) is 13.9. The van der Waals surface area contributed by atoms with E-state index >= 15 is 0 Å². The number of nitriles is 1. The third-order valence-corrected chi connectivity index (χ3v) is 3.37. The Bertz CT molecular complexity index is 520. The van der Waals surface area contributed by atoms with Crippen molar-refractivity contribution in [2.45, 2.75) is 40.5 Å². The molecule has 5 heteroatoms. The van der Waals surface area contributed by atoms with Crippen molar-refractivity contribution >= 4 is 5.69 Å². The fraction of sp³-hybridized carbons (Fsp3) is 0.538. The number of pyridine rings is 1. The second kappa shape index (κ2) is 5.13. The molecular formula is C13H17N3O2. The minimum absolute atomic E-state index is 0.108. The average molecular weight is 247 g/mol. The van der Waals surface area contributed by atoms with Crippen molar-refractivity contribution in [1.82, 2.24) is 4.98 Å². The van der Waals surface area contributed by atoms with Crippen molar-refractivity contribution < 1.29 is 4.92 Å². The van der Waals surface area contributed by atoms with Gasteiger partial charge in [0.2, 0.25) is 0 Å². The summed E-state index contributed by atoms with van der Waals surface area (Å²) in [4.78, 5) is 14.9. The van der Waals surface area contributed by atoms with Gasteiger partial charge in [-0.15, -0.1) is 0 Å². The Kier molecular flexibility index (Phi) is 4.02. The molecule has 18 heavy (non-hydrogen) atoms. The Morgan fingerprint density at radius 3 is 2.61 bits per heavy atom. The maximum atomic E-state index is 11.0. The Balaban J connectivity index is 3.25. The van der Waals surface area contributed by atoms with Gasteiger partial charge in [-0.2, -0.15) is 5.26 Å². The van der Waals surface area contributed by atoms with Gasteiger partial charge in [0.1, 0.15) is 0 Å². The second-order valence-electron chi connectivity index (χ2n) is 4.82. The van der Waals surface area contributed by atoms with Crippen molar-refractivity contribution in [3.63, 3.8) is 0 Å². The van der Waals surface area contributed by atoms with E-state index in [4.69, 9.17) is 5.26 Å². The van der Waals surface area contributed by atoms with Crippen molar-refractivity contribution in [3.8, 4) is 6.07 Å². The van der Waals surface area contributed by atoms with Crippen LogP contribution in [0.3, 0.4) is 0 Å². The average Bonchev–Trinajstić information content (AvgIpc) is 2.32. The molecule has 1 aromatic rings. The summed E-state index contributed by atoms with van der Waals surface area (Å²) in [6.45, 7) is 7.15. The lowest BCUT2D eigenvalue weighted by Crippen LogP contribution is -2.18. The van der Waals surface area contributed by atoms with Gasteiger partial charge in [0.15, 0.2) is 0 Å². The maximum absolute atomic E-state index is 11.0. The second-order valence-corrected chi connectivity index (χ2v) is 4.82. The van der Waals surface area contributed by atoms with Crippen LogP contribution in [0.15, 0.2) is 6.20 Å². The summed E-state index contributed by atoms with van der Waals surface area (Å²) < 4.78 is 0. The normalized spacial score (nSPS) is 13.7. The topological polar surface area (TPSA) is 79.8 Å². The number of nitrogens with zero attached hydrogens (tertiary/aromatic N) is 3. The summed E-state index contributed by atoms with van der Waals surface area (Å²) in [7, 11) is 0. The van der Waals surface area contributed by atoms with E-state index in [1.165, 1.54) is 6.20 Å². The van der Waals surface area contributed by atoms with E-state index in [1.54, 1.807) is 13.8 Å². The lowest BCUT2D eigenvalue weighted by Gasteiger charge is -2.19. The molecule has 0 aromatic carbocycles. The van der Waals surface area contributed by atoms with Crippen LogP contribution in [0.5, 0.6) is 0 Å². The van der Waals surface area contributed by atoms with Gasteiger partial charge >= 0.3 is 0 Å². The van der Waals surface area contributed by atoms with Crippen LogP contribution in [0.2, 0.25) is 0 Å². The molecule has 0 saturated heterocycles. The predicted octanol–water partition coefficient (Wildman–Crippen LogP) is 3.09. The molecule has 0 aliphatic heterocycles. The van der Waals surface area contributed by atoms with E-state index in [2.05, 4.69) is 11.1 Å². The first-order chi connectivity index (χ1) is 8.34. The highest BCUT2D eigenvalue weighted by molar-refractivity contribution is 5.47. The van der Waals surface area contributed by atoms with Gasteiger partial charge in [-0.25, -0.2) is 0 Å². The van der Waals surface area contributed by atoms with Crippen LogP contribution < -0.4 is 0 Å². The quantitative estimate of drug-likeness (QED) is 0.604. The smallest absolute Gasteiger partial charge is 0.260 e. The fourth-order valence-electron chi connectivity index (χ4n) is 1.84. The van der Waals surface area contributed by atoms with Gasteiger partial charge in [-0.1, -0.05) is 6.92 Å². The SMILES string of the molecule is CCC(C)(C#N)Cc1ncc(C)c([N+](=O)[O-])c1C. The van der Waals surface area contributed by atoms with E-state index in [-0.39, 0.29) is 10.6 Å². The van der Waals surface area contributed by atoms with Crippen LogP contribution in [-0.4, -0.2) is 9.91 Å². The van der Waals surface area contributed by atoms with Gasteiger partial charge in [0.25, 0.3) is 5.69 Å². The number of rotatable bonds is 4. The fourth-order valence-corrected chi connectivity index (χ4v) is 1.84. The molecule has 0 amide bonds. The molecule has 1 unspecified atom stereocenters. The molecule has 0 bridgehead atoms. The van der Waals surface area contributed by atoms with Crippen molar-refractivity contribution in [2.24, 2.45) is 5.41 Å². The Labute approximate surface area is 107 Å². The molecule has 0 fully saturated rings. The van der Waals surface area contributed by atoms with Crippen molar-refractivity contribution in [2.75, 3.05) is 0 Å². The molecule has 1 aromatic heterocycles. The van der Waals surface area contributed by atoms with E-state index < -0.39 is 5.41 Å². The number of nitro groups is 1. The molecule has 96 valence electrons. The van der Waals surface area contributed by atoms with Crippen LogP contribution in [0.25, 0.3) is 0 Å². The lowest BCUT2D eigenvalue weighted by atomic mass is 9.83. The van der Waals surface area contributed by atoms with E-state index in [9.17, 15) is 10.1 Å². The molecule has 0 saturated carbocycles.